The first-order valence-electron chi connectivity index (χ1n) is 9.93. The molecule has 2 heterocycles. The van der Waals surface area contributed by atoms with E-state index in [-0.39, 0.29) is 24.0 Å². The van der Waals surface area contributed by atoms with Crippen LogP contribution in [0.25, 0.3) is 5.65 Å². The molecular weight excluding hydrogens is 451 g/mol. The van der Waals surface area contributed by atoms with Crippen molar-refractivity contribution in [2.75, 3.05) is 13.1 Å². The van der Waals surface area contributed by atoms with Gasteiger partial charge in [-0.25, -0.2) is 0 Å². The van der Waals surface area contributed by atoms with E-state index in [9.17, 15) is 0 Å². The van der Waals surface area contributed by atoms with Gasteiger partial charge < -0.3 is 10.6 Å². The second kappa shape index (κ2) is 12.9. The van der Waals surface area contributed by atoms with E-state index in [1.54, 1.807) is 0 Å². The molecule has 2 N–H and O–H groups in total. The van der Waals surface area contributed by atoms with Gasteiger partial charge in [-0.1, -0.05) is 32.8 Å². The van der Waals surface area contributed by atoms with Crippen molar-refractivity contribution in [2.45, 2.75) is 65.8 Å². The third-order valence-electron chi connectivity index (χ3n) is 4.36. The maximum absolute atomic E-state index is 4.71. The lowest BCUT2D eigenvalue weighted by Gasteiger charge is -2.18. The minimum atomic E-state index is 0. The molecule has 2 rings (SSSR count). The van der Waals surface area contributed by atoms with Crippen LogP contribution in [0.4, 0.5) is 0 Å². The Kier molecular flexibility index (Phi) is 11.3. The van der Waals surface area contributed by atoms with E-state index < -0.39 is 0 Å². The summed E-state index contributed by atoms with van der Waals surface area (Å²) in [6.07, 6.45) is 7.55. The summed E-state index contributed by atoms with van der Waals surface area (Å²) in [4.78, 5) is 4.71. The summed E-state index contributed by atoms with van der Waals surface area (Å²) in [5.74, 6) is 2.68. The van der Waals surface area contributed by atoms with Gasteiger partial charge in [-0.05, 0) is 44.7 Å². The maximum Gasteiger partial charge on any atom is 0.191 e. The summed E-state index contributed by atoms with van der Waals surface area (Å²) in [7, 11) is 0. The highest BCUT2D eigenvalue weighted by atomic mass is 127. The molecule has 0 radical (unpaired) electrons. The number of fused-ring (bicyclic) bond motifs is 1. The summed E-state index contributed by atoms with van der Waals surface area (Å²) < 4.78 is 2.05. The monoisotopic (exact) mass is 486 g/mol. The van der Waals surface area contributed by atoms with Crippen molar-refractivity contribution in [3.8, 4) is 0 Å². The van der Waals surface area contributed by atoms with Crippen molar-refractivity contribution in [3.63, 3.8) is 0 Å². The van der Waals surface area contributed by atoms with Crippen molar-refractivity contribution in [3.05, 3.63) is 30.2 Å². The first-order chi connectivity index (χ1) is 12.6. The molecule has 0 fully saturated rings. The summed E-state index contributed by atoms with van der Waals surface area (Å²) in [6, 6.07) is 6.40. The first-order valence-corrected chi connectivity index (χ1v) is 9.93. The van der Waals surface area contributed by atoms with Crippen LogP contribution in [0.3, 0.4) is 0 Å². The zero-order chi connectivity index (χ0) is 18.8. The summed E-state index contributed by atoms with van der Waals surface area (Å²) in [5, 5.41) is 15.3. The highest BCUT2D eigenvalue weighted by Crippen LogP contribution is 2.08. The van der Waals surface area contributed by atoms with Gasteiger partial charge in [-0.15, -0.1) is 34.2 Å². The van der Waals surface area contributed by atoms with Gasteiger partial charge in [0.05, 0.1) is 0 Å². The molecular formula is C20H35IN6. The van der Waals surface area contributed by atoms with Crippen LogP contribution in [0.2, 0.25) is 0 Å². The molecule has 0 aromatic carbocycles. The fourth-order valence-corrected chi connectivity index (χ4v) is 2.95. The van der Waals surface area contributed by atoms with E-state index in [1.807, 2.05) is 28.8 Å². The number of aryl methyl sites for hydroxylation is 1. The zero-order valence-electron chi connectivity index (χ0n) is 17.1. The Bertz CT molecular complexity index is 682. The predicted molar refractivity (Wildman–Crippen MR) is 124 cm³/mol. The van der Waals surface area contributed by atoms with Crippen molar-refractivity contribution in [1.29, 1.82) is 0 Å². The molecule has 1 atom stereocenters. The minimum Gasteiger partial charge on any atom is -0.357 e. The summed E-state index contributed by atoms with van der Waals surface area (Å²) >= 11 is 0. The van der Waals surface area contributed by atoms with E-state index in [1.165, 1.54) is 19.3 Å². The lowest BCUT2D eigenvalue weighted by atomic mass is 10.0. The quantitative estimate of drug-likeness (QED) is 0.230. The number of hydrogen-bond donors (Lipinski definition) is 2. The molecule has 0 aliphatic rings. The van der Waals surface area contributed by atoms with Crippen molar-refractivity contribution >= 4 is 35.6 Å². The molecule has 7 heteroatoms. The largest absolute Gasteiger partial charge is 0.357 e. The van der Waals surface area contributed by atoms with E-state index >= 15 is 0 Å². The van der Waals surface area contributed by atoms with E-state index in [4.69, 9.17) is 4.99 Å². The number of hydrogen-bond acceptors (Lipinski definition) is 3. The van der Waals surface area contributed by atoms with Gasteiger partial charge >= 0.3 is 0 Å². The van der Waals surface area contributed by atoms with Gasteiger partial charge in [0.2, 0.25) is 0 Å². The molecule has 0 spiro atoms. The maximum atomic E-state index is 4.71. The van der Waals surface area contributed by atoms with Gasteiger partial charge in [0, 0.05) is 31.7 Å². The van der Waals surface area contributed by atoms with E-state index in [0.717, 1.165) is 49.3 Å². The molecule has 27 heavy (non-hydrogen) atoms. The van der Waals surface area contributed by atoms with Crippen LogP contribution in [-0.2, 0) is 6.42 Å². The molecule has 2 aromatic heterocycles. The number of guanidine groups is 1. The van der Waals surface area contributed by atoms with E-state index in [2.05, 4.69) is 48.5 Å². The van der Waals surface area contributed by atoms with Crippen LogP contribution in [0.1, 0.15) is 59.2 Å². The second-order valence-electron chi connectivity index (χ2n) is 7.28. The van der Waals surface area contributed by atoms with Gasteiger partial charge in [0.25, 0.3) is 0 Å². The Balaban J connectivity index is 0.00000364. The average molecular weight is 486 g/mol. The molecule has 0 aliphatic carbocycles. The fourth-order valence-electron chi connectivity index (χ4n) is 2.95. The van der Waals surface area contributed by atoms with Crippen LogP contribution in [0, 0.1) is 5.92 Å². The predicted octanol–water partition coefficient (Wildman–Crippen LogP) is 4.05. The zero-order valence-corrected chi connectivity index (χ0v) is 19.4. The molecule has 2 aromatic rings. The van der Waals surface area contributed by atoms with Gasteiger partial charge in [-0.2, -0.15) is 0 Å². The third kappa shape index (κ3) is 8.45. The molecule has 0 amide bonds. The van der Waals surface area contributed by atoms with Crippen LogP contribution in [0.15, 0.2) is 29.4 Å². The Labute approximate surface area is 180 Å². The van der Waals surface area contributed by atoms with E-state index in [0.29, 0.717) is 6.04 Å². The molecule has 0 saturated heterocycles. The summed E-state index contributed by atoms with van der Waals surface area (Å²) in [5.41, 5.74) is 0.899. The molecule has 152 valence electrons. The number of aliphatic imine (C=N–C) groups is 1. The number of halogens is 1. The molecule has 0 aliphatic heterocycles. The standard InChI is InChI=1S/C20H34N6.HI/c1-5-21-20(23-17(4)11-8-10-16(2)3)22-14-9-13-19-25-24-18-12-6-7-15-26(18)19;/h6-7,12,15-17H,5,8-11,13-14H2,1-4H3,(H2,21,22,23);1H. The minimum absolute atomic E-state index is 0. The smallest absolute Gasteiger partial charge is 0.191 e. The lowest BCUT2D eigenvalue weighted by molar-refractivity contribution is 0.491. The van der Waals surface area contributed by atoms with Gasteiger partial charge in [0.1, 0.15) is 5.82 Å². The molecule has 0 saturated carbocycles. The van der Waals surface area contributed by atoms with Gasteiger partial charge in [0.15, 0.2) is 11.6 Å². The molecule has 1 unspecified atom stereocenters. The third-order valence-corrected chi connectivity index (χ3v) is 4.36. The van der Waals surface area contributed by atoms with Crippen molar-refractivity contribution in [1.82, 2.24) is 25.2 Å². The fraction of sp³-hybridized carbons (Fsp3) is 0.650. The second-order valence-corrected chi connectivity index (χ2v) is 7.28. The van der Waals surface area contributed by atoms with Crippen LogP contribution >= 0.6 is 24.0 Å². The van der Waals surface area contributed by atoms with Crippen LogP contribution in [-0.4, -0.2) is 39.7 Å². The molecule has 0 bridgehead atoms. The summed E-state index contributed by atoms with van der Waals surface area (Å²) in [6.45, 7) is 10.5. The van der Waals surface area contributed by atoms with Crippen LogP contribution < -0.4 is 10.6 Å². The number of aromatic nitrogens is 3. The van der Waals surface area contributed by atoms with Crippen molar-refractivity contribution in [2.24, 2.45) is 10.9 Å². The average Bonchev–Trinajstić information content (AvgIpc) is 3.01. The van der Waals surface area contributed by atoms with Gasteiger partial charge in [-0.3, -0.25) is 9.39 Å². The number of nitrogens with zero attached hydrogens (tertiary/aromatic N) is 4. The Morgan fingerprint density at radius 3 is 2.70 bits per heavy atom. The lowest BCUT2D eigenvalue weighted by Crippen LogP contribution is -2.42. The highest BCUT2D eigenvalue weighted by molar-refractivity contribution is 14.0. The Morgan fingerprint density at radius 1 is 1.15 bits per heavy atom. The first kappa shape index (κ1) is 23.7. The Morgan fingerprint density at radius 2 is 1.96 bits per heavy atom. The SMILES string of the molecule is CCNC(=NCCCc1nnc2ccccn12)NC(C)CCCC(C)C.I. The van der Waals surface area contributed by atoms with Crippen molar-refractivity contribution < 1.29 is 0 Å². The Hall–Kier alpha value is -1.38. The number of nitrogens with one attached hydrogen (secondary N) is 2. The van der Waals surface area contributed by atoms with Crippen LogP contribution in [0.5, 0.6) is 0 Å². The highest BCUT2D eigenvalue weighted by Gasteiger charge is 2.07. The molecule has 6 nitrogen and oxygen atoms in total. The number of rotatable bonds is 10. The number of pyridine rings is 1. The topological polar surface area (TPSA) is 66.6 Å². The normalized spacial score (nSPS) is 12.9.